The van der Waals surface area contributed by atoms with Crippen LogP contribution in [0.15, 0.2) is 0 Å². The molecule has 0 aromatic heterocycles. The van der Waals surface area contributed by atoms with Crippen LogP contribution < -0.4 is 11.1 Å². The van der Waals surface area contributed by atoms with Crippen molar-refractivity contribution in [2.24, 2.45) is 5.73 Å². The number of nitrogens with two attached hydrogens (primary N) is 1. The molecule has 15 heavy (non-hydrogen) atoms. The standard InChI is InChI=1S/C10H19N3O.ClH/c11-10(14)9-2-1-7-13(9)8-3-5-12-6-4-8;/h8-9,12H,1-7H2,(H2,11,14);1H. The van der Waals surface area contributed by atoms with Gasteiger partial charge in [0.05, 0.1) is 6.04 Å². The molecule has 0 aromatic rings. The van der Waals surface area contributed by atoms with Gasteiger partial charge in [0.15, 0.2) is 0 Å². The maximum Gasteiger partial charge on any atom is 0.234 e. The fourth-order valence-corrected chi connectivity index (χ4v) is 2.67. The second kappa shape index (κ2) is 5.68. The molecule has 2 aliphatic heterocycles. The number of carbonyl (C=O) groups is 1. The zero-order valence-corrected chi connectivity index (χ0v) is 9.76. The Kier molecular flexibility index (Phi) is 4.83. The van der Waals surface area contributed by atoms with Gasteiger partial charge in [-0.25, -0.2) is 0 Å². The molecule has 2 aliphatic rings. The molecule has 0 aromatic carbocycles. The highest BCUT2D eigenvalue weighted by Gasteiger charge is 2.34. The molecule has 0 spiro atoms. The van der Waals surface area contributed by atoms with Crippen molar-refractivity contribution >= 4 is 18.3 Å². The Morgan fingerprint density at radius 2 is 1.93 bits per heavy atom. The van der Waals surface area contributed by atoms with Gasteiger partial charge >= 0.3 is 0 Å². The number of hydrogen-bond donors (Lipinski definition) is 2. The Morgan fingerprint density at radius 1 is 1.27 bits per heavy atom. The fraction of sp³-hybridized carbons (Fsp3) is 0.900. The predicted octanol–water partition coefficient (Wildman–Crippen LogP) is 0.110. The molecular weight excluding hydrogens is 214 g/mol. The van der Waals surface area contributed by atoms with Crippen LogP contribution in [0.4, 0.5) is 0 Å². The lowest BCUT2D eigenvalue weighted by Gasteiger charge is -2.34. The van der Waals surface area contributed by atoms with E-state index >= 15 is 0 Å². The quantitative estimate of drug-likeness (QED) is 0.712. The predicted molar refractivity (Wildman–Crippen MR) is 62.1 cm³/mol. The van der Waals surface area contributed by atoms with Gasteiger partial charge in [-0.15, -0.1) is 12.4 Å². The first kappa shape index (κ1) is 12.7. The summed E-state index contributed by atoms with van der Waals surface area (Å²) in [6.07, 6.45) is 4.39. The van der Waals surface area contributed by atoms with Crippen LogP contribution in [0.5, 0.6) is 0 Å². The van der Waals surface area contributed by atoms with E-state index in [0.29, 0.717) is 6.04 Å². The van der Waals surface area contributed by atoms with Crippen LogP contribution in [0.3, 0.4) is 0 Å². The van der Waals surface area contributed by atoms with E-state index in [0.717, 1.165) is 45.3 Å². The lowest BCUT2D eigenvalue weighted by molar-refractivity contribution is -0.123. The van der Waals surface area contributed by atoms with E-state index in [4.69, 9.17) is 5.73 Å². The van der Waals surface area contributed by atoms with Crippen LogP contribution >= 0.6 is 12.4 Å². The van der Waals surface area contributed by atoms with Crippen molar-refractivity contribution in [2.45, 2.75) is 37.8 Å². The summed E-state index contributed by atoms with van der Waals surface area (Å²) >= 11 is 0. The minimum absolute atomic E-state index is 0. The summed E-state index contributed by atoms with van der Waals surface area (Å²) in [4.78, 5) is 13.5. The highest BCUT2D eigenvalue weighted by molar-refractivity contribution is 5.85. The summed E-state index contributed by atoms with van der Waals surface area (Å²) in [5, 5.41) is 3.34. The van der Waals surface area contributed by atoms with Gasteiger partial charge in [0.25, 0.3) is 0 Å². The molecule has 2 rings (SSSR count). The third kappa shape index (κ3) is 2.83. The first-order chi connectivity index (χ1) is 6.79. The van der Waals surface area contributed by atoms with E-state index < -0.39 is 0 Å². The maximum absolute atomic E-state index is 11.2. The monoisotopic (exact) mass is 233 g/mol. The fourth-order valence-electron chi connectivity index (χ4n) is 2.67. The summed E-state index contributed by atoms with van der Waals surface area (Å²) < 4.78 is 0. The number of piperidine rings is 1. The molecule has 1 unspecified atom stereocenters. The molecule has 3 N–H and O–H groups in total. The molecule has 4 nitrogen and oxygen atoms in total. The zero-order chi connectivity index (χ0) is 9.97. The zero-order valence-electron chi connectivity index (χ0n) is 8.95. The number of halogens is 1. The molecule has 1 amide bonds. The van der Waals surface area contributed by atoms with E-state index in [-0.39, 0.29) is 24.4 Å². The normalized spacial score (nSPS) is 28.7. The molecule has 0 aliphatic carbocycles. The first-order valence-corrected chi connectivity index (χ1v) is 5.55. The van der Waals surface area contributed by atoms with Crippen LogP contribution in [0.1, 0.15) is 25.7 Å². The number of carbonyl (C=O) groups excluding carboxylic acids is 1. The average Bonchev–Trinajstić information content (AvgIpc) is 2.67. The number of rotatable bonds is 2. The largest absolute Gasteiger partial charge is 0.368 e. The van der Waals surface area contributed by atoms with E-state index in [9.17, 15) is 4.79 Å². The van der Waals surface area contributed by atoms with Crippen LogP contribution in [0.2, 0.25) is 0 Å². The van der Waals surface area contributed by atoms with Crippen LogP contribution in [0, 0.1) is 0 Å². The van der Waals surface area contributed by atoms with Crippen molar-refractivity contribution in [3.63, 3.8) is 0 Å². The number of hydrogen-bond acceptors (Lipinski definition) is 3. The highest BCUT2D eigenvalue weighted by atomic mass is 35.5. The van der Waals surface area contributed by atoms with Gasteiger partial charge in [-0.3, -0.25) is 9.69 Å². The van der Waals surface area contributed by atoms with E-state index in [1.54, 1.807) is 0 Å². The van der Waals surface area contributed by atoms with Crippen molar-refractivity contribution in [2.75, 3.05) is 19.6 Å². The Hall–Kier alpha value is -0.320. The Balaban J connectivity index is 0.00000112. The summed E-state index contributed by atoms with van der Waals surface area (Å²) in [5.74, 6) is -0.138. The maximum atomic E-state index is 11.2. The smallest absolute Gasteiger partial charge is 0.234 e. The van der Waals surface area contributed by atoms with E-state index in [2.05, 4.69) is 10.2 Å². The lowest BCUT2D eigenvalue weighted by atomic mass is 10.0. The van der Waals surface area contributed by atoms with Gasteiger partial charge in [-0.2, -0.15) is 0 Å². The van der Waals surface area contributed by atoms with Crippen LogP contribution in [-0.4, -0.2) is 42.5 Å². The molecule has 0 bridgehead atoms. The molecule has 0 radical (unpaired) electrons. The summed E-state index contributed by atoms with van der Waals surface area (Å²) in [6, 6.07) is 0.592. The molecule has 1 atom stereocenters. The minimum Gasteiger partial charge on any atom is -0.368 e. The Bertz CT molecular complexity index is 219. The topological polar surface area (TPSA) is 58.4 Å². The molecule has 88 valence electrons. The van der Waals surface area contributed by atoms with Gasteiger partial charge in [0.2, 0.25) is 5.91 Å². The molecule has 2 fully saturated rings. The summed E-state index contributed by atoms with van der Waals surface area (Å²) in [7, 11) is 0. The van der Waals surface area contributed by atoms with Crippen molar-refractivity contribution in [3.05, 3.63) is 0 Å². The Morgan fingerprint density at radius 3 is 2.53 bits per heavy atom. The van der Waals surface area contributed by atoms with E-state index in [1.807, 2.05) is 0 Å². The molecule has 2 saturated heterocycles. The van der Waals surface area contributed by atoms with Gasteiger partial charge in [-0.1, -0.05) is 0 Å². The van der Waals surface area contributed by atoms with Crippen molar-refractivity contribution < 1.29 is 4.79 Å². The number of amides is 1. The van der Waals surface area contributed by atoms with Crippen LogP contribution in [-0.2, 0) is 4.79 Å². The number of nitrogens with one attached hydrogen (secondary N) is 1. The summed E-state index contributed by atoms with van der Waals surface area (Å²) in [6.45, 7) is 3.21. The van der Waals surface area contributed by atoms with Crippen molar-refractivity contribution in [1.82, 2.24) is 10.2 Å². The third-order valence-electron chi connectivity index (χ3n) is 3.40. The number of primary amides is 1. The summed E-state index contributed by atoms with van der Waals surface area (Å²) in [5.41, 5.74) is 5.40. The lowest BCUT2D eigenvalue weighted by Crippen LogP contribution is -2.49. The SMILES string of the molecule is Cl.NC(=O)C1CCCN1C1CCNCC1. The molecule has 2 heterocycles. The Labute approximate surface area is 97.0 Å². The second-order valence-corrected chi connectivity index (χ2v) is 4.28. The van der Waals surface area contributed by atoms with Gasteiger partial charge in [-0.05, 0) is 45.3 Å². The van der Waals surface area contributed by atoms with Gasteiger partial charge in [0, 0.05) is 6.04 Å². The minimum atomic E-state index is -0.138. The van der Waals surface area contributed by atoms with Crippen molar-refractivity contribution in [1.29, 1.82) is 0 Å². The average molecular weight is 234 g/mol. The molecule has 5 heteroatoms. The highest BCUT2D eigenvalue weighted by Crippen LogP contribution is 2.23. The van der Waals surface area contributed by atoms with Crippen molar-refractivity contribution in [3.8, 4) is 0 Å². The molecular formula is C10H20ClN3O. The van der Waals surface area contributed by atoms with Gasteiger partial charge < -0.3 is 11.1 Å². The first-order valence-electron chi connectivity index (χ1n) is 5.55. The van der Waals surface area contributed by atoms with Gasteiger partial charge in [0.1, 0.15) is 0 Å². The second-order valence-electron chi connectivity index (χ2n) is 4.28. The number of likely N-dealkylation sites (tertiary alicyclic amines) is 1. The third-order valence-corrected chi connectivity index (χ3v) is 3.40. The molecule has 0 saturated carbocycles. The number of nitrogens with zero attached hydrogens (tertiary/aromatic N) is 1. The van der Waals surface area contributed by atoms with E-state index in [1.165, 1.54) is 0 Å². The van der Waals surface area contributed by atoms with Crippen LogP contribution in [0.25, 0.3) is 0 Å².